The number of carboxylic acids is 1. The molecule has 1 aliphatic carbocycles. The highest BCUT2D eigenvalue weighted by atomic mass is 32.2. The lowest BCUT2D eigenvalue weighted by Gasteiger charge is -2.05. The number of carbonyl (C=O) groups is 2. The SMILES string of the molecule is O=C(CCSc1ccc(F)c(C(=O)O)c1)NC1CC1. The largest absolute Gasteiger partial charge is 0.478 e. The van der Waals surface area contributed by atoms with Crippen LogP contribution in [0.25, 0.3) is 0 Å². The summed E-state index contributed by atoms with van der Waals surface area (Å²) in [7, 11) is 0. The lowest BCUT2D eigenvalue weighted by molar-refractivity contribution is -0.120. The van der Waals surface area contributed by atoms with Crippen LogP contribution in [-0.2, 0) is 4.79 Å². The maximum Gasteiger partial charge on any atom is 0.338 e. The maximum absolute atomic E-state index is 13.2. The van der Waals surface area contributed by atoms with Crippen LogP contribution in [0.1, 0.15) is 29.6 Å². The zero-order valence-electron chi connectivity index (χ0n) is 10.2. The highest BCUT2D eigenvalue weighted by molar-refractivity contribution is 7.99. The maximum atomic E-state index is 13.2. The zero-order chi connectivity index (χ0) is 13.8. The molecule has 0 bridgehead atoms. The minimum absolute atomic E-state index is 0.00979. The van der Waals surface area contributed by atoms with E-state index in [1.807, 2.05) is 0 Å². The first-order valence-electron chi connectivity index (χ1n) is 6.01. The van der Waals surface area contributed by atoms with Gasteiger partial charge in [-0.25, -0.2) is 9.18 Å². The minimum Gasteiger partial charge on any atom is -0.478 e. The van der Waals surface area contributed by atoms with Crippen molar-refractivity contribution in [3.8, 4) is 0 Å². The second-order valence-electron chi connectivity index (χ2n) is 4.39. The fraction of sp³-hybridized carbons (Fsp3) is 0.385. The van der Waals surface area contributed by atoms with E-state index >= 15 is 0 Å². The van der Waals surface area contributed by atoms with Crippen molar-refractivity contribution in [2.45, 2.75) is 30.2 Å². The molecule has 1 amide bonds. The van der Waals surface area contributed by atoms with Crippen LogP contribution in [0.15, 0.2) is 23.1 Å². The molecular weight excluding hydrogens is 269 g/mol. The summed E-state index contributed by atoms with van der Waals surface area (Å²) < 4.78 is 13.2. The second-order valence-corrected chi connectivity index (χ2v) is 5.56. The number of carbonyl (C=O) groups excluding carboxylic acids is 1. The molecule has 1 aliphatic rings. The molecule has 0 heterocycles. The van der Waals surface area contributed by atoms with Crippen molar-refractivity contribution in [1.82, 2.24) is 5.32 Å². The number of benzene rings is 1. The van der Waals surface area contributed by atoms with E-state index in [4.69, 9.17) is 5.11 Å². The molecule has 0 atom stereocenters. The van der Waals surface area contributed by atoms with Gasteiger partial charge in [0, 0.05) is 23.1 Å². The van der Waals surface area contributed by atoms with Gasteiger partial charge in [-0.05, 0) is 31.0 Å². The van der Waals surface area contributed by atoms with E-state index in [9.17, 15) is 14.0 Å². The number of hydrogen-bond donors (Lipinski definition) is 2. The van der Waals surface area contributed by atoms with E-state index in [0.717, 1.165) is 18.9 Å². The number of thioether (sulfide) groups is 1. The highest BCUT2D eigenvalue weighted by Gasteiger charge is 2.22. The standard InChI is InChI=1S/C13H14FNO3S/c14-11-4-3-9(7-10(11)13(17)18)19-6-5-12(16)15-8-1-2-8/h3-4,7-8H,1-2,5-6H2,(H,15,16)(H,17,18). The van der Waals surface area contributed by atoms with Gasteiger partial charge in [0.25, 0.3) is 0 Å². The fourth-order valence-electron chi connectivity index (χ4n) is 1.55. The third-order valence-electron chi connectivity index (χ3n) is 2.71. The number of hydrogen-bond acceptors (Lipinski definition) is 3. The van der Waals surface area contributed by atoms with E-state index in [2.05, 4.69) is 5.32 Å². The summed E-state index contributed by atoms with van der Waals surface area (Å²) in [6, 6.07) is 4.30. The first kappa shape index (κ1) is 13.9. The molecule has 1 fully saturated rings. The topological polar surface area (TPSA) is 66.4 Å². The molecule has 102 valence electrons. The van der Waals surface area contributed by atoms with Crippen molar-refractivity contribution in [2.24, 2.45) is 0 Å². The van der Waals surface area contributed by atoms with Crippen molar-refractivity contribution in [2.75, 3.05) is 5.75 Å². The van der Waals surface area contributed by atoms with Crippen LogP contribution in [-0.4, -0.2) is 28.8 Å². The molecule has 1 saturated carbocycles. The first-order valence-corrected chi connectivity index (χ1v) is 7.00. The second kappa shape index (κ2) is 6.06. The van der Waals surface area contributed by atoms with Gasteiger partial charge in [0.05, 0.1) is 5.56 Å². The Balaban J connectivity index is 1.83. The Kier molecular flexibility index (Phi) is 4.42. The number of rotatable bonds is 6. The Morgan fingerprint density at radius 3 is 2.79 bits per heavy atom. The van der Waals surface area contributed by atoms with Gasteiger partial charge in [0.15, 0.2) is 0 Å². The molecule has 1 aromatic rings. The van der Waals surface area contributed by atoms with Crippen LogP contribution in [0.5, 0.6) is 0 Å². The quantitative estimate of drug-likeness (QED) is 0.786. The summed E-state index contributed by atoms with van der Waals surface area (Å²) in [5.41, 5.74) is -0.340. The van der Waals surface area contributed by atoms with Gasteiger partial charge in [-0.15, -0.1) is 11.8 Å². The van der Waals surface area contributed by atoms with Gasteiger partial charge in [0.1, 0.15) is 5.82 Å². The highest BCUT2D eigenvalue weighted by Crippen LogP contribution is 2.22. The average molecular weight is 283 g/mol. The number of nitrogens with one attached hydrogen (secondary N) is 1. The van der Waals surface area contributed by atoms with Crippen LogP contribution in [0.2, 0.25) is 0 Å². The first-order chi connectivity index (χ1) is 9.06. The van der Waals surface area contributed by atoms with Crippen molar-refractivity contribution in [1.29, 1.82) is 0 Å². The Morgan fingerprint density at radius 1 is 1.42 bits per heavy atom. The lowest BCUT2D eigenvalue weighted by atomic mass is 10.2. The number of halogens is 1. The number of carboxylic acid groups (broad SMARTS) is 1. The number of amides is 1. The predicted octanol–water partition coefficient (Wildman–Crippen LogP) is 2.28. The van der Waals surface area contributed by atoms with Crippen LogP contribution < -0.4 is 5.32 Å². The molecular formula is C13H14FNO3S. The molecule has 19 heavy (non-hydrogen) atoms. The van der Waals surface area contributed by atoms with Crippen LogP contribution in [0.3, 0.4) is 0 Å². The van der Waals surface area contributed by atoms with Gasteiger partial charge in [-0.3, -0.25) is 4.79 Å². The van der Waals surface area contributed by atoms with E-state index < -0.39 is 11.8 Å². The molecule has 0 aliphatic heterocycles. The van der Waals surface area contributed by atoms with Crippen molar-refractivity contribution >= 4 is 23.6 Å². The lowest BCUT2D eigenvalue weighted by Crippen LogP contribution is -2.25. The molecule has 0 saturated heterocycles. The molecule has 6 heteroatoms. The van der Waals surface area contributed by atoms with E-state index in [1.165, 1.54) is 23.9 Å². The molecule has 0 unspecified atom stereocenters. The summed E-state index contributed by atoms with van der Waals surface area (Å²) in [4.78, 5) is 22.9. The van der Waals surface area contributed by atoms with Crippen LogP contribution in [0.4, 0.5) is 4.39 Å². The monoisotopic (exact) mass is 283 g/mol. The molecule has 2 N–H and O–H groups in total. The van der Waals surface area contributed by atoms with Gasteiger partial charge in [-0.1, -0.05) is 0 Å². The summed E-state index contributed by atoms with van der Waals surface area (Å²) in [6.45, 7) is 0. The van der Waals surface area contributed by atoms with Gasteiger partial charge >= 0.3 is 5.97 Å². The molecule has 0 radical (unpaired) electrons. The Labute approximate surface area is 114 Å². The summed E-state index contributed by atoms with van der Waals surface area (Å²) in [6.07, 6.45) is 2.48. The Morgan fingerprint density at radius 2 is 2.16 bits per heavy atom. The minimum atomic E-state index is -1.29. The van der Waals surface area contributed by atoms with Crippen LogP contribution in [0, 0.1) is 5.82 Å². The summed E-state index contributed by atoms with van der Waals surface area (Å²) in [5, 5.41) is 11.7. The van der Waals surface area contributed by atoms with Gasteiger partial charge < -0.3 is 10.4 Å². The van der Waals surface area contributed by atoms with Gasteiger partial charge in [-0.2, -0.15) is 0 Å². The van der Waals surface area contributed by atoms with Gasteiger partial charge in [0.2, 0.25) is 5.91 Å². The van der Waals surface area contributed by atoms with Crippen molar-refractivity contribution in [3.05, 3.63) is 29.6 Å². The van der Waals surface area contributed by atoms with E-state index in [-0.39, 0.29) is 11.5 Å². The Hall–Kier alpha value is -1.56. The third kappa shape index (κ3) is 4.24. The molecule has 1 aromatic carbocycles. The molecule has 4 nitrogen and oxygen atoms in total. The average Bonchev–Trinajstić information content (AvgIpc) is 3.14. The van der Waals surface area contributed by atoms with E-state index in [1.54, 1.807) is 0 Å². The fourth-order valence-corrected chi connectivity index (χ4v) is 2.44. The predicted molar refractivity (Wildman–Crippen MR) is 69.9 cm³/mol. The third-order valence-corrected chi connectivity index (χ3v) is 3.70. The number of aromatic carboxylic acids is 1. The summed E-state index contributed by atoms with van der Waals surface area (Å²) >= 11 is 1.35. The zero-order valence-corrected chi connectivity index (χ0v) is 11.0. The molecule has 0 aromatic heterocycles. The Bertz CT molecular complexity index is 503. The normalized spacial score (nSPS) is 14.2. The van der Waals surface area contributed by atoms with E-state index in [0.29, 0.717) is 23.1 Å². The molecule has 0 spiro atoms. The molecule has 2 rings (SSSR count). The van der Waals surface area contributed by atoms with Crippen LogP contribution >= 0.6 is 11.8 Å². The van der Waals surface area contributed by atoms with Crippen molar-refractivity contribution < 1.29 is 19.1 Å². The smallest absolute Gasteiger partial charge is 0.338 e. The summed E-state index contributed by atoms with van der Waals surface area (Å²) in [5.74, 6) is -1.48. The van der Waals surface area contributed by atoms with Crippen molar-refractivity contribution in [3.63, 3.8) is 0 Å².